The van der Waals surface area contributed by atoms with Crippen LogP contribution in [0, 0.1) is 10.1 Å². The molecule has 0 aliphatic carbocycles. The largest absolute Gasteiger partial charge is 0.368 e. The average Bonchev–Trinajstić information content (AvgIpc) is 3.14. The van der Waals surface area contributed by atoms with E-state index in [-0.39, 0.29) is 17.0 Å². The van der Waals surface area contributed by atoms with E-state index < -0.39 is 10.9 Å². The molecular formula is C23H17N3O4. The van der Waals surface area contributed by atoms with Gasteiger partial charge in [0.2, 0.25) is 0 Å². The van der Waals surface area contributed by atoms with Crippen LogP contribution in [0.1, 0.15) is 11.1 Å². The minimum absolute atomic E-state index is 0.0813. The zero-order chi connectivity index (χ0) is 21.1. The average molecular weight is 399 g/mol. The van der Waals surface area contributed by atoms with Gasteiger partial charge in [-0.1, -0.05) is 47.6 Å². The van der Waals surface area contributed by atoms with Crippen molar-refractivity contribution < 1.29 is 14.6 Å². The fraction of sp³-hybridized carbons (Fsp3) is 0.0435. The van der Waals surface area contributed by atoms with E-state index in [0.29, 0.717) is 5.56 Å². The van der Waals surface area contributed by atoms with Gasteiger partial charge in [0.15, 0.2) is 0 Å². The van der Waals surface area contributed by atoms with Crippen molar-refractivity contribution in [3.8, 4) is 0 Å². The van der Waals surface area contributed by atoms with E-state index in [4.69, 9.17) is 4.84 Å². The molecule has 0 bridgehead atoms. The molecule has 0 fully saturated rings. The summed E-state index contributed by atoms with van der Waals surface area (Å²) in [7, 11) is 1.98. The van der Waals surface area contributed by atoms with Gasteiger partial charge < -0.3 is 9.74 Å². The van der Waals surface area contributed by atoms with Gasteiger partial charge in [-0.3, -0.25) is 10.1 Å². The van der Waals surface area contributed by atoms with Crippen molar-refractivity contribution in [1.29, 1.82) is 0 Å². The van der Waals surface area contributed by atoms with E-state index >= 15 is 0 Å². The van der Waals surface area contributed by atoms with E-state index in [9.17, 15) is 14.9 Å². The molecule has 0 atom stereocenters. The molecule has 1 aliphatic heterocycles. The molecule has 0 unspecified atom stereocenters. The molecule has 30 heavy (non-hydrogen) atoms. The number of nitro groups is 1. The second-order valence-electron chi connectivity index (χ2n) is 6.67. The molecule has 0 aromatic heterocycles. The number of nitrogens with zero attached hydrogens (tertiary/aromatic N) is 3. The molecule has 0 spiro atoms. The number of para-hydroxylation sites is 1. The summed E-state index contributed by atoms with van der Waals surface area (Å²) in [5.74, 6) is -0.595. The first kappa shape index (κ1) is 19.1. The molecule has 3 aromatic rings. The third kappa shape index (κ3) is 3.81. The van der Waals surface area contributed by atoms with Gasteiger partial charge >= 0.3 is 5.97 Å². The van der Waals surface area contributed by atoms with Crippen LogP contribution in [0.25, 0.3) is 6.08 Å². The summed E-state index contributed by atoms with van der Waals surface area (Å²) < 4.78 is 0. The third-order valence-electron chi connectivity index (χ3n) is 4.76. The molecule has 7 heteroatoms. The fourth-order valence-corrected chi connectivity index (χ4v) is 3.15. The van der Waals surface area contributed by atoms with Crippen LogP contribution in [-0.4, -0.2) is 23.7 Å². The molecule has 0 N–H and O–H groups in total. The lowest BCUT2D eigenvalue weighted by molar-refractivity contribution is -0.384. The summed E-state index contributed by atoms with van der Waals surface area (Å²) in [5.41, 5.74) is 3.72. The maximum atomic E-state index is 12.2. The zero-order valence-electron chi connectivity index (χ0n) is 16.1. The highest BCUT2D eigenvalue weighted by molar-refractivity contribution is 6.31. The maximum absolute atomic E-state index is 12.2. The Hall–Kier alpha value is -4.26. The summed E-state index contributed by atoms with van der Waals surface area (Å²) in [6.45, 7) is 0. The SMILES string of the molecule is CN(c1ccccc1)c1ccc(/C=C2\C(=O)ON=C2c2cccc([N+](=O)[O-])c2)cc1. The minimum atomic E-state index is -0.595. The molecule has 4 rings (SSSR count). The predicted molar refractivity (Wildman–Crippen MR) is 115 cm³/mol. The number of hydrogen-bond acceptors (Lipinski definition) is 6. The predicted octanol–water partition coefficient (Wildman–Crippen LogP) is 4.71. The van der Waals surface area contributed by atoms with Gasteiger partial charge in [-0.25, -0.2) is 4.79 Å². The number of hydrogen-bond donors (Lipinski definition) is 0. The first-order valence-electron chi connectivity index (χ1n) is 9.18. The highest BCUT2D eigenvalue weighted by Gasteiger charge is 2.27. The number of carbonyl (C=O) groups excluding carboxylic acids is 1. The van der Waals surface area contributed by atoms with Gasteiger partial charge in [-0.05, 0) is 35.9 Å². The van der Waals surface area contributed by atoms with Gasteiger partial charge in [-0.15, -0.1) is 0 Å². The van der Waals surface area contributed by atoms with E-state index in [0.717, 1.165) is 16.9 Å². The van der Waals surface area contributed by atoms with Crippen LogP contribution in [0.5, 0.6) is 0 Å². The Bertz CT molecular complexity index is 1170. The normalized spacial score (nSPS) is 14.4. The van der Waals surface area contributed by atoms with Crippen LogP contribution < -0.4 is 4.90 Å². The second-order valence-corrected chi connectivity index (χ2v) is 6.67. The van der Waals surface area contributed by atoms with Crippen molar-refractivity contribution in [3.05, 3.63) is 106 Å². The van der Waals surface area contributed by atoms with E-state index in [2.05, 4.69) is 10.1 Å². The van der Waals surface area contributed by atoms with Gasteiger partial charge in [0.1, 0.15) is 5.71 Å². The number of oxime groups is 1. The monoisotopic (exact) mass is 399 g/mol. The molecule has 1 heterocycles. The first-order chi connectivity index (χ1) is 14.5. The lowest BCUT2D eigenvalue weighted by Crippen LogP contribution is -2.09. The van der Waals surface area contributed by atoms with Crippen molar-refractivity contribution in [1.82, 2.24) is 0 Å². The molecule has 0 saturated carbocycles. The molecule has 0 amide bonds. The molecule has 0 radical (unpaired) electrons. The number of rotatable bonds is 5. The lowest BCUT2D eigenvalue weighted by Gasteiger charge is -2.19. The quantitative estimate of drug-likeness (QED) is 0.269. The standard InChI is InChI=1S/C23H17N3O4/c1-25(18-7-3-2-4-8-18)19-12-10-16(11-13-19)14-21-22(24-30-23(21)27)17-6-5-9-20(15-17)26(28)29/h2-15H,1H3/b21-14-. The highest BCUT2D eigenvalue weighted by Crippen LogP contribution is 2.26. The second kappa shape index (κ2) is 8.00. The molecule has 148 valence electrons. The molecule has 0 saturated heterocycles. The minimum Gasteiger partial charge on any atom is -0.345 e. The van der Waals surface area contributed by atoms with Gasteiger partial charge in [0.05, 0.1) is 10.5 Å². The fourth-order valence-electron chi connectivity index (χ4n) is 3.15. The zero-order valence-corrected chi connectivity index (χ0v) is 16.1. The van der Waals surface area contributed by atoms with Gasteiger partial charge in [0, 0.05) is 36.1 Å². The van der Waals surface area contributed by atoms with Crippen LogP contribution in [0.4, 0.5) is 17.1 Å². The number of benzene rings is 3. The lowest BCUT2D eigenvalue weighted by atomic mass is 10.00. The van der Waals surface area contributed by atoms with Crippen LogP contribution in [0.3, 0.4) is 0 Å². The smallest absolute Gasteiger partial charge is 0.345 e. The topological polar surface area (TPSA) is 85.0 Å². The van der Waals surface area contributed by atoms with E-state index in [1.807, 2.05) is 61.6 Å². The van der Waals surface area contributed by atoms with Crippen molar-refractivity contribution in [2.45, 2.75) is 0 Å². The van der Waals surface area contributed by atoms with Crippen molar-refractivity contribution in [3.63, 3.8) is 0 Å². The first-order valence-corrected chi connectivity index (χ1v) is 9.18. The van der Waals surface area contributed by atoms with E-state index in [1.165, 1.54) is 12.1 Å². The molecule has 3 aromatic carbocycles. The van der Waals surface area contributed by atoms with Gasteiger partial charge in [-0.2, -0.15) is 0 Å². The summed E-state index contributed by atoms with van der Waals surface area (Å²) in [6.07, 6.45) is 1.67. The molecule has 7 nitrogen and oxygen atoms in total. The Morgan fingerprint density at radius 2 is 1.67 bits per heavy atom. The van der Waals surface area contributed by atoms with Gasteiger partial charge in [0.25, 0.3) is 5.69 Å². The Morgan fingerprint density at radius 1 is 0.967 bits per heavy atom. The Labute approximate surface area is 172 Å². The van der Waals surface area contributed by atoms with Crippen molar-refractivity contribution >= 4 is 34.8 Å². The highest BCUT2D eigenvalue weighted by atomic mass is 16.7. The van der Waals surface area contributed by atoms with E-state index in [1.54, 1.807) is 18.2 Å². The summed E-state index contributed by atoms with van der Waals surface area (Å²) >= 11 is 0. The third-order valence-corrected chi connectivity index (χ3v) is 4.76. The molecule has 1 aliphatic rings. The summed E-state index contributed by atoms with van der Waals surface area (Å²) in [5, 5.41) is 14.9. The Kier molecular flexibility index (Phi) is 5.09. The Balaban J connectivity index is 1.62. The van der Waals surface area contributed by atoms with Crippen LogP contribution in [0.15, 0.2) is 89.6 Å². The molecular weight excluding hydrogens is 382 g/mol. The van der Waals surface area contributed by atoms with Crippen LogP contribution in [0.2, 0.25) is 0 Å². The maximum Gasteiger partial charge on any atom is 0.368 e. The summed E-state index contributed by atoms with van der Waals surface area (Å²) in [4.78, 5) is 29.6. The number of non-ortho nitro benzene ring substituents is 1. The van der Waals surface area contributed by atoms with Crippen LogP contribution in [-0.2, 0) is 9.63 Å². The number of anilines is 2. The van der Waals surface area contributed by atoms with Crippen LogP contribution >= 0.6 is 0 Å². The van der Waals surface area contributed by atoms with Crippen molar-refractivity contribution in [2.24, 2.45) is 5.16 Å². The summed E-state index contributed by atoms with van der Waals surface area (Å²) in [6, 6.07) is 23.6. The Morgan fingerprint density at radius 3 is 2.37 bits per heavy atom. The number of nitro benzene ring substituents is 1. The van der Waals surface area contributed by atoms with Crippen molar-refractivity contribution in [2.75, 3.05) is 11.9 Å². The number of carbonyl (C=O) groups is 1.